The average Bonchev–Trinajstić information content (AvgIpc) is 3.38. The largest absolute Gasteiger partial charge is 0.462 e. The van der Waals surface area contributed by atoms with Crippen molar-refractivity contribution < 1.29 is 28.6 Å². The number of hydrogen-bond acceptors (Lipinski definition) is 6. The van der Waals surface area contributed by atoms with Gasteiger partial charge in [0.2, 0.25) is 0 Å². The van der Waals surface area contributed by atoms with E-state index in [4.69, 9.17) is 14.2 Å². The Labute approximate surface area is 450 Å². The lowest BCUT2D eigenvalue weighted by molar-refractivity contribution is -0.167. The van der Waals surface area contributed by atoms with Crippen LogP contribution in [0.2, 0.25) is 0 Å². The van der Waals surface area contributed by atoms with Crippen LogP contribution < -0.4 is 0 Å². The average molecular weight is 1020 g/mol. The number of ether oxygens (including phenoxy) is 3. The Morgan fingerprint density at radius 2 is 0.444 bits per heavy atom. The summed E-state index contributed by atoms with van der Waals surface area (Å²) in [6.07, 6.45) is 62.3. The van der Waals surface area contributed by atoms with Gasteiger partial charge in [-0.05, 0) is 37.0 Å². The molecule has 0 heterocycles. The predicted molar refractivity (Wildman–Crippen MR) is 312 cm³/mol. The number of esters is 3. The summed E-state index contributed by atoms with van der Waals surface area (Å²) in [7, 11) is 0. The molecule has 0 aromatic carbocycles. The van der Waals surface area contributed by atoms with E-state index in [0.29, 0.717) is 19.3 Å². The van der Waals surface area contributed by atoms with Gasteiger partial charge in [0.05, 0.1) is 0 Å². The zero-order valence-electron chi connectivity index (χ0n) is 49.7. The Kier molecular flexibility index (Phi) is 55.9. The fraction of sp³-hybridized carbons (Fsp3) is 0.955. The molecule has 0 aliphatic carbocycles. The molecule has 0 aromatic heterocycles. The van der Waals surface area contributed by atoms with Gasteiger partial charge in [0.1, 0.15) is 13.2 Å². The molecule has 0 saturated carbocycles. The summed E-state index contributed by atoms with van der Waals surface area (Å²) in [5, 5.41) is 0. The lowest BCUT2D eigenvalue weighted by atomic mass is 9.99. The monoisotopic (exact) mass is 1020 g/mol. The molecule has 0 amide bonds. The molecule has 0 bridgehead atoms. The minimum absolute atomic E-state index is 0.0628. The summed E-state index contributed by atoms with van der Waals surface area (Å²) in [6.45, 7) is 13.9. The van der Waals surface area contributed by atoms with Crippen molar-refractivity contribution in [1.29, 1.82) is 0 Å². The summed E-state index contributed by atoms with van der Waals surface area (Å²) in [5.74, 6) is 1.84. The Morgan fingerprint density at radius 3 is 0.653 bits per heavy atom. The molecule has 3 unspecified atom stereocenters. The quantitative estimate of drug-likeness (QED) is 0.0343. The van der Waals surface area contributed by atoms with Gasteiger partial charge < -0.3 is 14.2 Å². The number of rotatable bonds is 59. The van der Waals surface area contributed by atoms with E-state index in [-0.39, 0.29) is 31.1 Å². The maximum Gasteiger partial charge on any atom is 0.306 e. The molecule has 0 aliphatic heterocycles. The second kappa shape index (κ2) is 57.1. The Balaban J connectivity index is 4.26. The van der Waals surface area contributed by atoms with Gasteiger partial charge in [-0.25, -0.2) is 0 Å². The maximum atomic E-state index is 12.9. The first kappa shape index (κ1) is 70.4. The third kappa shape index (κ3) is 54.7. The van der Waals surface area contributed by atoms with E-state index in [0.717, 1.165) is 75.5 Å². The van der Waals surface area contributed by atoms with Gasteiger partial charge >= 0.3 is 17.9 Å². The zero-order chi connectivity index (χ0) is 52.6. The van der Waals surface area contributed by atoms with Gasteiger partial charge in [0, 0.05) is 19.3 Å². The maximum absolute atomic E-state index is 12.9. The van der Waals surface area contributed by atoms with Crippen LogP contribution in [0.25, 0.3) is 0 Å². The highest BCUT2D eigenvalue weighted by atomic mass is 16.6. The van der Waals surface area contributed by atoms with Crippen LogP contribution >= 0.6 is 0 Å². The topological polar surface area (TPSA) is 78.9 Å². The lowest BCUT2D eigenvalue weighted by Gasteiger charge is -2.18. The van der Waals surface area contributed by atoms with Crippen molar-refractivity contribution in [1.82, 2.24) is 0 Å². The highest BCUT2D eigenvalue weighted by Gasteiger charge is 2.20. The Morgan fingerprint density at radius 1 is 0.264 bits per heavy atom. The van der Waals surface area contributed by atoms with E-state index in [9.17, 15) is 14.4 Å². The van der Waals surface area contributed by atoms with E-state index in [1.807, 2.05) is 0 Å². The van der Waals surface area contributed by atoms with Crippen LogP contribution in [0.15, 0.2) is 0 Å². The van der Waals surface area contributed by atoms with Gasteiger partial charge in [0.25, 0.3) is 0 Å². The van der Waals surface area contributed by atoms with E-state index in [2.05, 4.69) is 41.5 Å². The molecule has 4 atom stereocenters. The van der Waals surface area contributed by atoms with E-state index in [1.165, 1.54) is 250 Å². The van der Waals surface area contributed by atoms with Gasteiger partial charge in [0.15, 0.2) is 6.10 Å². The minimum Gasteiger partial charge on any atom is -0.462 e. The van der Waals surface area contributed by atoms with Crippen LogP contribution in [0.1, 0.15) is 369 Å². The molecule has 6 heteroatoms. The summed E-state index contributed by atoms with van der Waals surface area (Å²) in [5.41, 5.74) is 0. The molecule has 428 valence electrons. The van der Waals surface area contributed by atoms with Crippen molar-refractivity contribution >= 4 is 17.9 Å². The van der Waals surface area contributed by atoms with Crippen molar-refractivity contribution in [3.63, 3.8) is 0 Å². The number of hydrogen-bond donors (Lipinski definition) is 0. The Bertz CT molecular complexity index is 1120. The van der Waals surface area contributed by atoms with Gasteiger partial charge in [-0.2, -0.15) is 0 Å². The fourth-order valence-corrected chi connectivity index (χ4v) is 10.1. The first-order valence-corrected chi connectivity index (χ1v) is 32.7. The molecule has 0 aliphatic rings. The molecule has 0 saturated heterocycles. The van der Waals surface area contributed by atoms with Crippen molar-refractivity contribution in [3.05, 3.63) is 0 Å². The smallest absolute Gasteiger partial charge is 0.306 e. The molecular weight excluding hydrogens is 889 g/mol. The minimum atomic E-state index is -0.765. The van der Waals surface area contributed by atoms with Crippen molar-refractivity contribution in [2.75, 3.05) is 13.2 Å². The fourth-order valence-electron chi connectivity index (χ4n) is 10.1. The normalized spacial score (nSPS) is 13.2. The first-order chi connectivity index (χ1) is 35.2. The van der Waals surface area contributed by atoms with Crippen molar-refractivity contribution in [2.24, 2.45) is 17.8 Å². The molecule has 0 N–H and O–H groups in total. The molecule has 0 radical (unpaired) electrons. The zero-order valence-corrected chi connectivity index (χ0v) is 49.7. The van der Waals surface area contributed by atoms with Crippen LogP contribution in [-0.2, 0) is 28.6 Å². The number of carbonyl (C=O) groups is 3. The molecular formula is C66H128O6. The van der Waals surface area contributed by atoms with Crippen LogP contribution in [0.4, 0.5) is 0 Å². The molecule has 6 nitrogen and oxygen atoms in total. The van der Waals surface area contributed by atoms with Crippen LogP contribution in [0.3, 0.4) is 0 Å². The first-order valence-electron chi connectivity index (χ1n) is 32.7. The molecule has 0 fully saturated rings. The van der Waals surface area contributed by atoms with Crippen molar-refractivity contribution in [2.45, 2.75) is 375 Å². The molecule has 0 spiro atoms. The summed E-state index contributed by atoms with van der Waals surface area (Å²) < 4.78 is 17.0. The summed E-state index contributed by atoms with van der Waals surface area (Å²) >= 11 is 0. The second-order valence-corrected chi connectivity index (χ2v) is 23.5. The molecule has 0 rings (SSSR count). The molecule has 72 heavy (non-hydrogen) atoms. The summed E-state index contributed by atoms with van der Waals surface area (Å²) in [4.78, 5) is 38.3. The molecule has 0 aromatic rings. The van der Waals surface area contributed by atoms with Crippen LogP contribution in [-0.4, -0.2) is 37.2 Å². The van der Waals surface area contributed by atoms with E-state index >= 15 is 0 Å². The Hall–Kier alpha value is -1.59. The van der Waals surface area contributed by atoms with Crippen LogP contribution in [0, 0.1) is 17.8 Å². The SMILES string of the molecule is CCC(C)CCCCCCCCCCCCCCCCCCCCC(=O)OC[C@@H](COC(=O)CCCCCCCCCCCCCCCCC(C)CC)OC(=O)CCCCCCCCCCCCC(C)CC. The second-order valence-electron chi connectivity index (χ2n) is 23.5. The summed E-state index contributed by atoms with van der Waals surface area (Å²) in [6, 6.07) is 0. The lowest BCUT2D eigenvalue weighted by Crippen LogP contribution is -2.30. The predicted octanol–water partition coefficient (Wildman–Crippen LogP) is 21.8. The standard InChI is InChI=1S/C66H128O6/c1-7-60(4)52-46-40-34-28-22-18-14-12-10-11-13-15-20-24-31-37-43-49-55-64(67)70-58-63(72-66(69)57-51-45-39-33-27-26-30-36-42-48-54-62(6)9-3)59-71-65(68)56-50-44-38-32-25-21-17-16-19-23-29-35-41-47-53-61(5)8-2/h60-63H,7-59H2,1-6H3/t60?,61?,62?,63-/m0/s1. The van der Waals surface area contributed by atoms with Crippen LogP contribution in [0.5, 0.6) is 0 Å². The van der Waals surface area contributed by atoms with E-state index in [1.54, 1.807) is 0 Å². The number of unbranched alkanes of at least 4 members (excludes halogenated alkanes) is 39. The van der Waals surface area contributed by atoms with Gasteiger partial charge in [-0.1, -0.05) is 330 Å². The van der Waals surface area contributed by atoms with Gasteiger partial charge in [-0.3, -0.25) is 14.4 Å². The number of carbonyl (C=O) groups excluding carboxylic acids is 3. The van der Waals surface area contributed by atoms with E-state index < -0.39 is 6.10 Å². The third-order valence-electron chi connectivity index (χ3n) is 16.2. The van der Waals surface area contributed by atoms with Crippen molar-refractivity contribution in [3.8, 4) is 0 Å². The highest BCUT2D eigenvalue weighted by Crippen LogP contribution is 2.20. The highest BCUT2D eigenvalue weighted by molar-refractivity contribution is 5.71. The van der Waals surface area contributed by atoms with Gasteiger partial charge in [-0.15, -0.1) is 0 Å². The third-order valence-corrected chi connectivity index (χ3v) is 16.2.